The second kappa shape index (κ2) is 19.4. The molecule has 0 rings (SSSR count). The van der Waals surface area contributed by atoms with Gasteiger partial charge < -0.3 is 0 Å². The Bertz CT molecular complexity index is 6.00. The van der Waals surface area contributed by atoms with Crippen molar-refractivity contribution in [1.29, 1.82) is 0 Å². The van der Waals surface area contributed by atoms with E-state index in [2.05, 4.69) is 0 Å². The molecule has 0 aromatic carbocycles. The minimum Gasteiger partial charge on any atom is 0 e. The summed E-state index contributed by atoms with van der Waals surface area (Å²) < 4.78 is 0. The minimum atomic E-state index is 0. The molecule has 4 heavy (non-hydrogen) atoms. The van der Waals surface area contributed by atoms with Crippen molar-refractivity contribution < 1.29 is 39.0 Å². The van der Waals surface area contributed by atoms with Crippen molar-refractivity contribution in [1.82, 2.24) is 0 Å². The van der Waals surface area contributed by atoms with Gasteiger partial charge in [-0.2, -0.15) is 0 Å². The molecule has 0 aromatic heterocycles. The van der Waals surface area contributed by atoms with Gasteiger partial charge in [0.1, 0.15) is 0 Å². The van der Waals surface area contributed by atoms with E-state index in [0.29, 0.717) is 0 Å². The van der Waals surface area contributed by atoms with Gasteiger partial charge in [-0.15, -0.1) is 0 Å². The molecule has 0 aliphatic rings. The Morgan fingerprint density at radius 2 is 0.750 bits per heavy atom. The van der Waals surface area contributed by atoms with E-state index in [0.717, 1.165) is 0 Å². The van der Waals surface area contributed by atoms with E-state index in [9.17, 15) is 0 Å². The first-order valence-electron chi connectivity index (χ1n) is 0. The summed E-state index contributed by atoms with van der Waals surface area (Å²) in [5.41, 5.74) is 0. The van der Waals surface area contributed by atoms with Crippen LogP contribution in [0.3, 0.4) is 0 Å². The number of hydrogen-bond acceptors (Lipinski definition) is 0. The van der Waals surface area contributed by atoms with E-state index >= 15 is 0 Å². The molecule has 0 saturated heterocycles. The Morgan fingerprint density at radius 1 is 0.750 bits per heavy atom. The van der Waals surface area contributed by atoms with Crippen LogP contribution in [0.2, 0.25) is 0 Å². The monoisotopic (exact) mass is 240 g/mol. The molecule has 0 unspecified atom stereocenters. The summed E-state index contributed by atoms with van der Waals surface area (Å²) in [7, 11) is 0. The van der Waals surface area contributed by atoms with E-state index < -0.39 is 0 Å². The summed E-state index contributed by atoms with van der Waals surface area (Å²) in [6.45, 7) is 0. The van der Waals surface area contributed by atoms with E-state index in [1.165, 1.54) is 0 Å². The minimum absolute atomic E-state index is 0. The first-order chi connectivity index (χ1) is 0. The molecule has 0 spiro atoms. The smallest absolute Gasteiger partial charge is 0 e. The average molecular weight is 242 g/mol. The summed E-state index contributed by atoms with van der Waals surface area (Å²) in [5, 5.41) is 0. The Morgan fingerprint density at radius 3 is 0.750 bits per heavy atom. The third kappa shape index (κ3) is 8.93. The third-order valence-corrected chi connectivity index (χ3v) is 0. The van der Waals surface area contributed by atoms with Crippen LogP contribution in [0.1, 0.15) is 0 Å². The molecule has 4 heteroatoms. The molecule has 0 nitrogen and oxygen atoms in total. The molecule has 0 fully saturated rings. The van der Waals surface area contributed by atoms with Gasteiger partial charge in [-0.3, -0.25) is 0 Å². The SMILES string of the molecule is [S].[Se].[Zn].[Zn]. The standard InChI is InChI=1S/S.Se.2Zn. The normalized spacial score (nSPS) is 0. The van der Waals surface area contributed by atoms with Crippen LogP contribution in [-0.2, 0) is 39.0 Å². The molecule has 0 aromatic rings. The van der Waals surface area contributed by atoms with Crippen LogP contribution < -0.4 is 0 Å². The predicted octanol–water partition coefficient (Wildman–Crippen LogP) is 0.262. The van der Waals surface area contributed by atoms with Gasteiger partial charge >= 0.3 is 0 Å². The molecule has 4 radical (unpaired) electrons. The maximum atomic E-state index is 0. The zero-order valence-corrected chi connectivity index (χ0v) is 10.7. The third-order valence-electron chi connectivity index (χ3n) is 0. The summed E-state index contributed by atoms with van der Waals surface area (Å²) in [6, 6.07) is 0. The van der Waals surface area contributed by atoms with Crippen LogP contribution >= 0.6 is 13.5 Å². The second-order valence-corrected chi connectivity index (χ2v) is 0. The molecular weight excluding hydrogens is 242 g/mol. The summed E-state index contributed by atoms with van der Waals surface area (Å²) in [4.78, 5) is 0. The molecule has 0 atom stereocenters. The van der Waals surface area contributed by atoms with Crippen LogP contribution in [0.25, 0.3) is 0 Å². The Labute approximate surface area is 68.9 Å². The van der Waals surface area contributed by atoms with E-state index in [4.69, 9.17) is 0 Å². The van der Waals surface area contributed by atoms with Crippen LogP contribution in [0.5, 0.6) is 0 Å². The summed E-state index contributed by atoms with van der Waals surface area (Å²) in [5.74, 6) is 0. The molecule has 0 aliphatic carbocycles. The molecule has 0 aliphatic heterocycles. The maximum Gasteiger partial charge on any atom is 0 e. The fraction of sp³-hybridized carbons (Fsp3) is 0. The molecule has 0 heterocycles. The summed E-state index contributed by atoms with van der Waals surface area (Å²) >= 11 is 0. The Balaban J connectivity index is 0. The average Bonchev–Trinajstić information content (AvgIpc) is 0. The number of hydrogen-bond donors (Lipinski definition) is 0. The van der Waals surface area contributed by atoms with E-state index in [1.807, 2.05) is 0 Å². The summed E-state index contributed by atoms with van der Waals surface area (Å²) in [6.07, 6.45) is 0. The van der Waals surface area contributed by atoms with Crippen LogP contribution in [-0.4, -0.2) is 17.1 Å². The molecule has 0 saturated carbocycles. The second-order valence-electron chi connectivity index (χ2n) is 0. The van der Waals surface area contributed by atoms with Gasteiger partial charge in [0.15, 0.2) is 0 Å². The quantitative estimate of drug-likeness (QED) is 0.534. The van der Waals surface area contributed by atoms with Crippen LogP contribution in [0.15, 0.2) is 0 Å². The van der Waals surface area contributed by atoms with Crippen molar-refractivity contribution in [3.05, 3.63) is 0 Å². The largest absolute Gasteiger partial charge is 0 e. The first kappa shape index (κ1) is 35.7. The van der Waals surface area contributed by atoms with Gasteiger partial charge in [-0.05, 0) is 0 Å². The van der Waals surface area contributed by atoms with Gasteiger partial charge in [0.2, 0.25) is 0 Å². The van der Waals surface area contributed by atoms with Crippen LogP contribution in [0.4, 0.5) is 0 Å². The molecule has 0 amide bonds. The first-order valence-corrected chi connectivity index (χ1v) is 0. The zero-order chi connectivity index (χ0) is 0. The van der Waals surface area contributed by atoms with Gasteiger partial charge in [-0.1, -0.05) is 0 Å². The van der Waals surface area contributed by atoms with Gasteiger partial charge in [0.05, 0.1) is 0 Å². The van der Waals surface area contributed by atoms with Gasteiger partial charge in [0, 0.05) is 69.5 Å². The maximum absolute atomic E-state index is 0. The fourth-order valence-electron chi connectivity index (χ4n) is 0. The van der Waals surface area contributed by atoms with Crippen molar-refractivity contribution in [2.75, 3.05) is 0 Å². The van der Waals surface area contributed by atoms with Crippen molar-refractivity contribution in [2.45, 2.75) is 0 Å². The molecule has 16 valence electrons. The van der Waals surface area contributed by atoms with Crippen molar-refractivity contribution in [2.24, 2.45) is 0 Å². The van der Waals surface area contributed by atoms with Gasteiger partial charge in [-0.25, -0.2) is 0 Å². The Hall–Kier alpha value is 2.12. The molecule has 0 N–H and O–H groups in total. The van der Waals surface area contributed by atoms with Crippen molar-refractivity contribution in [3.8, 4) is 0 Å². The Kier molecular flexibility index (Phi) is 173. The number of rotatable bonds is 0. The van der Waals surface area contributed by atoms with Gasteiger partial charge in [0.25, 0.3) is 0 Å². The van der Waals surface area contributed by atoms with E-state index in [-0.39, 0.29) is 69.5 Å². The topological polar surface area (TPSA) is 0 Å². The van der Waals surface area contributed by atoms with Crippen molar-refractivity contribution >= 4 is 30.6 Å². The fourth-order valence-corrected chi connectivity index (χ4v) is 0. The van der Waals surface area contributed by atoms with E-state index in [1.54, 1.807) is 0 Å². The molecular formula is SSeZn2. The van der Waals surface area contributed by atoms with Crippen molar-refractivity contribution in [3.63, 3.8) is 0 Å². The van der Waals surface area contributed by atoms with Crippen LogP contribution in [0, 0.1) is 0 Å². The molecule has 0 bridgehead atoms. The predicted molar refractivity (Wildman–Crippen MR) is 13.3 cm³/mol. The zero-order valence-electron chi connectivity index (χ0n) is 2.23.